The first-order chi connectivity index (χ1) is 8.08. The second kappa shape index (κ2) is 6.25. The van der Waals surface area contributed by atoms with E-state index in [-0.39, 0.29) is 17.9 Å². The zero-order chi connectivity index (χ0) is 12.8. The van der Waals surface area contributed by atoms with Gasteiger partial charge in [0, 0.05) is 6.04 Å². The lowest BCUT2D eigenvalue weighted by atomic mass is 10.0. The highest BCUT2D eigenvalue weighted by molar-refractivity contribution is 5.85. The maximum Gasteiger partial charge on any atom is 0.156 e. The first kappa shape index (κ1) is 13.5. The summed E-state index contributed by atoms with van der Waals surface area (Å²) < 4.78 is 0. The summed E-state index contributed by atoms with van der Waals surface area (Å²) >= 11 is 0. The molecule has 2 atom stereocenters. The van der Waals surface area contributed by atoms with E-state index >= 15 is 0 Å². The van der Waals surface area contributed by atoms with Crippen molar-refractivity contribution < 1.29 is 5.21 Å². The fourth-order valence-electron chi connectivity index (χ4n) is 1.82. The molecule has 0 amide bonds. The molecule has 0 heterocycles. The Bertz CT molecular complexity index is 390. The highest BCUT2D eigenvalue weighted by Gasteiger charge is 2.15. The minimum atomic E-state index is -0.101. The Kier molecular flexibility index (Phi) is 4.97. The summed E-state index contributed by atoms with van der Waals surface area (Å²) in [5, 5.41) is 15.1. The Balaban J connectivity index is 2.74. The van der Waals surface area contributed by atoms with Crippen molar-refractivity contribution >= 4 is 5.84 Å². The molecule has 1 rings (SSSR count). The van der Waals surface area contributed by atoms with Crippen molar-refractivity contribution in [3.63, 3.8) is 0 Å². The lowest BCUT2D eigenvalue weighted by molar-refractivity contribution is 0.313. The normalized spacial score (nSPS) is 15.6. The van der Waals surface area contributed by atoms with E-state index in [1.807, 2.05) is 13.0 Å². The van der Waals surface area contributed by atoms with Crippen LogP contribution in [-0.4, -0.2) is 17.1 Å². The van der Waals surface area contributed by atoms with Crippen molar-refractivity contribution in [2.45, 2.75) is 39.3 Å². The number of nitrogens with zero attached hydrogens (tertiary/aromatic N) is 1. The molecule has 1 unspecified atom stereocenters. The first-order valence-electron chi connectivity index (χ1n) is 5.88. The van der Waals surface area contributed by atoms with Gasteiger partial charge in [-0.1, -0.05) is 41.9 Å². The van der Waals surface area contributed by atoms with Crippen molar-refractivity contribution in [2.75, 3.05) is 0 Å². The molecule has 0 aliphatic rings. The van der Waals surface area contributed by atoms with Gasteiger partial charge in [-0.05, 0) is 25.8 Å². The quantitative estimate of drug-likeness (QED) is 0.317. The molecular formula is C13H21N3O. The van der Waals surface area contributed by atoms with Gasteiger partial charge in [0.2, 0.25) is 0 Å². The van der Waals surface area contributed by atoms with E-state index in [2.05, 4.69) is 42.5 Å². The minimum Gasteiger partial charge on any atom is -0.409 e. The van der Waals surface area contributed by atoms with Crippen LogP contribution >= 0.6 is 0 Å². The van der Waals surface area contributed by atoms with Crippen molar-refractivity contribution in [3.8, 4) is 0 Å². The van der Waals surface area contributed by atoms with Crippen LogP contribution in [0.25, 0.3) is 0 Å². The third kappa shape index (κ3) is 3.75. The summed E-state index contributed by atoms with van der Waals surface area (Å²) in [6.07, 6.45) is 0.784. The van der Waals surface area contributed by atoms with E-state index in [1.54, 1.807) is 0 Å². The maximum atomic E-state index is 8.69. The second-order valence-electron chi connectivity index (χ2n) is 4.29. The van der Waals surface area contributed by atoms with Crippen molar-refractivity contribution in [1.82, 2.24) is 5.32 Å². The van der Waals surface area contributed by atoms with Crippen LogP contribution in [0, 0.1) is 6.92 Å². The molecule has 4 heteroatoms. The van der Waals surface area contributed by atoms with Crippen molar-refractivity contribution in [1.29, 1.82) is 0 Å². The van der Waals surface area contributed by atoms with Crippen LogP contribution in [-0.2, 0) is 0 Å². The predicted octanol–water partition coefficient (Wildman–Crippen LogP) is 2.17. The molecule has 4 nitrogen and oxygen atoms in total. The van der Waals surface area contributed by atoms with E-state index in [0.29, 0.717) is 0 Å². The van der Waals surface area contributed by atoms with Crippen LogP contribution in [0.1, 0.15) is 37.4 Å². The zero-order valence-electron chi connectivity index (χ0n) is 10.6. The van der Waals surface area contributed by atoms with Crippen LogP contribution in [0.4, 0.5) is 0 Å². The molecule has 94 valence electrons. The van der Waals surface area contributed by atoms with E-state index in [4.69, 9.17) is 10.9 Å². The number of hydrogen-bond donors (Lipinski definition) is 3. The van der Waals surface area contributed by atoms with Crippen LogP contribution in [0.15, 0.2) is 29.4 Å². The van der Waals surface area contributed by atoms with E-state index in [0.717, 1.165) is 6.42 Å². The summed E-state index contributed by atoms with van der Waals surface area (Å²) in [5.41, 5.74) is 8.05. The molecule has 0 aliphatic heterocycles. The largest absolute Gasteiger partial charge is 0.409 e. The monoisotopic (exact) mass is 235 g/mol. The van der Waals surface area contributed by atoms with Crippen molar-refractivity contribution in [3.05, 3.63) is 35.4 Å². The molecule has 0 bridgehead atoms. The molecular weight excluding hydrogens is 214 g/mol. The van der Waals surface area contributed by atoms with Gasteiger partial charge < -0.3 is 16.3 Å². The minimum absolute atomic E-state index is 0.101. The van der Waals surface area contributed by atoms with E-state index in [1.165, 1.54) is 11.1 Å². The lowest BCUT2D eigenvalue weighted by Gasteiger charge is -2.21. The molecule has 17 heavy (non-hydrogen) atoms. The average Bonchev–Trinajstić information content (AvgIpc) is 2.34. The molecule has 1 aromatic carbocycles. The van der Waals surface area contributed by atoms with Gasteiger partial charge in [0.05, 0.1) is 6.04 Å². The van der Waals surface area contributed by atoms with E-state index < -0.39 is 0 Å². The molecule has 0 aliphatic carbocycles. The number of oxime groups is 1. The third-order valence-corrected chi connectivity index (χ3v) is 2.87. The number of aryl methyl sites for hydroxylation is 1. The Morgan fingerprint density at radius 2 is 2.24 bits per heavy atom. The molecule has 1 aromatic rings. The summed E-state index contributed by atoms with van der Waals surface area (Å²) in [6.45, 7) is 6.14. The standard InChI is InChI=1S/C13H21N3O/c1-4-12(13(14)16-17)15-10(3)11-7-5-6-9(2)8-11/h5-8,10,12,15,17H,4H2,1-3H3,(H2,14,16)/t10-,12?/m1/s1. The highest BCUT2D eigenvalue weighted by atomic mass is 16.4. The van der Waals surface area contributed by atoms with Crippen LogP contribution < -0.4 is 11.1 Å². The van der Waals surface area contributed by atoms with Crippen LogP contribution in [0.2, 0.25) is 0 Å². The summed E-state index contributed by atoms with van der Waals surface area (Å²) in [6, 6.07) is 8.38. The predicted molar refractivity (Wildman–Crippen MR) is 70.2 cm³/mol. The summed E-state index contributed by atoms with van der Waals surface area (Å²) in [7, 11) is 0. The second-order valence-corrected chi connectivity index (χ2v) is 4.29. The molecule has 0 saturated heterocycles. The summed E-state index contributed by atoms with van der Waals surface area (Å²) in [4.78, 5) is 0. The number of hydrogen-bond acceptors (Lipinski definition) is 3. The Hall–Kier alpha value is -1.55. The fourth-order valence-corrected chi connectivity index (χ4v) is 1.82. The Morgan fingerprint density at radius 1 is 1.53 bits per heavy atom. The molecule has 0 aromatic heterocycles. The summed E-state index contributed by atoms with van der Waals surface area (Å²) in [5.74, 6) is 0.229. The molecule has 0 spiro atoms. The van der Waals surface area contributed by atoms with Gasteiger partial charge >= 0.3 is 0 Å². The molecule has 4 N–H and O–H groups in total. The average molecular weight is 235 g/mol. The molecule has 0 fully saturated rings. The SMILES string of the molecule is CCC(N[C@H](C)c1cccc(C)c1)/C(N)=N/O. The van der Waals surface area contributed by atoms with Crippen LogP contribution in [0.3, 0.4) is 0 Å². The topological polar surface area (TPSA) is 70.6 Å². The third-order valence-electron chi connectivity index (χ3n) is 2.87. The Labute approximate surface area is 103 Å². The zero-order valence-corrected chi connectivity index (χ0v) is 10.6. The van der Waals surface area contributed by atoms with Gasteiger partial charge in [-0.3, -0.25) is 0 Å². The fraction of sp³-hybridized carbons (Fsp3) is 0.462. The number of amidine groups is 1. The maximum absolute atomic E-state index is 8.69. The van der Waals surface area contributed by atoms with E-state index in [9.17, 15) is 0 Å². The number of benzene rings is 1. The van der Waals surface area contributed by atoms with Crippen molar-refractivity contribution in [2.24, 2.45) is 10.9 Å². The number of nitrogens with one attached hydrogen (secondary N) is 1. The number of rotatable bonds is 5. The van der Waals surface area contributed by atoms with Gasteiger partial charge in [0.15, 0.2) is 5.84 Å². The van der Waals surface area contributed by atoms with Gasteiger partial charge in [-0.15, -0.1) is 0 Å². The molecule has 0 saturated carbocycles. The number of nitrogens with two attached hydrogens (primary N) is 1. The molecule has 0 radical (unpaired) electrons. The lowest BCUT2D eigenvalue weighted by Crippen LogP contribution is -2.42. The first-order valence-corrected chi connectivity index (χ1v) is 5.88. The van der Waals surface area contributed by atoms with Gasteiger partial charge in [-0.2, -0.15) is 0 Å². The van der Waals surface area contributed by atoms with Gasteiger partial charge in [0.25, 0.3) is 0 Å². The van der Waals surface area contributed by atoms with Gasteiger partial charge in [0.1, 0.15) is 0 Å². The van der Waals surface area contributed by atoms with Crippen LogP contribution in [0.5, 0.6) is 0 Å². The Morgan fingerprint density at radius 3 is 2.76 bits per heavy atom. The highest BCUT2D eigenvalue weighted by Crippen LogP contribution is 2.15. The smallest absolute Gasteiger partial charge is 0.156 e. The van der Waals surface area contributed by atoms with Gasteiger partial charge in [-0.25, -0.2) is 0 Å².